The summed E-state index contributed by atoms with van der Waals surface area (Å²) < 4.78 is 29.4. The van der Waals surface area contributed by atoms with Crippen LogP contribution in [0.2, 0.25) is 0 Å². The van der Waals surface area contributed by atoms with Crippen molar-refractivity contribution < 1.29 is 52.8 Å². The van der Waals surface area contributed by atoms with Crippen molar-refractivity contribution >= 4 is 29.8 Å². The van der Waals surface area contributed by atoms with E-state index in [1.807, 2.05) is 7.05 Å². The highest BCUT2D eigenvalue weighted by molar-refractivity contribution is 5.71. The van der Waals surface area contributed by atoms with Gasteiger partial charge < -0.3 is 45.6 Å². The molecule has 4 saturated carbocycles. The Labute approximate surface area is 359 Å². The van der Waals surface area contributed by atoms with E-state index in [2.05, 4.69) is 33.0 Å². The second-order valence-corrected chi connectivity index (χ2v) is 19.0. The minimum absolute atomic E-state index is 0.0555. The predicted molar refractivity (Wildman–Crippen MR) is 226 cm³/mol. The van der Waals surface area contributed by atoms with E-state index in [9.17, 15) is 29.1 Å². The van der Waals surface area contributed by atoms with Gasteiger partial charge in [-0.3, -0.25) is 24.0 Å². The second kappa shape index (κ2) is 24.1. The van der Waals surface area contributed by atoms with E-state index in [0.29, 0.717) is 45.1 Å². The van der Waals surface area contributed by atoms with Gasteiger partial charge in [-0.25, -0.2) is 0 Å². The van der Waals surface area contributed by atoms with E-state index in [0.717, 1.165) is 64.2 Å². The summed E-state index contributed by atoms with van der Waals surface area (Å²) in [5.74, 6) is -0.750. The minimum atomic E-state index is -1.09. The number of aliphatic hydroxyl groups excluding tert-OH is 1. The Morgan fingerprint density at radius 1 is 0.733 bits per heavy atom. The maximum absolute atomic E-state index is 13.3. The van der Waals surface area contributed by atoms with Crippen LogP contribution in [0.1, 0.15) is 150 Å². The molecule has 4 aliphatic rings. The molecule has 0 spiro atoms. The number of hydrogen-bond acceptors (Lipinski definition) is 14. The van der Waals surface area contributed by atoms with Gasteiger partial charge in [0.15, 0.2) is 0 Å². The monoisotopic (exact) mass is 850 g/mol. The SMILES string of the molecule is CCCCCCCC(=O)OCC(O)COC(=O)CC[C@@H](C)[C@H]1CC[C@H]2C3[C@H](OC(=O)CCN)CC4C[C@H](OC(=O)CCNC)CC[C@]4(C)[C@H]3C[C@H](OC(=O)CCN)[C@]2(C)C1. The number of nitrogens with one attached hydrogen (secondary N) is 1. The van der Waals surface area contributed by atoms with E-state index in [4.69, 9.17) is 35.2 Å². The smallest absolute Gasteiger partial charge is 0.307 e. The molecule has 6 N–H and O–H groups in total. The zero-order valence-corrected chi connectivity index (χ0v) is 37.4. The molecule has 0 bridgehead atoms. The Kier molecular flexibility index (Phi) is 20.1. The third kappa shape index (κ3) is 13.6. The Morgan fingerprint density at radius 2 is 1.38 bits per heavy atom. The highest BCUT2D eigenvalue weighted by atomic mass is 16.6. The molecule has 4 aliphatic carbocycles. The van der Waals surface area contributed by atoms with E-state index in [1.54, 1.807) is 0 Å². The predicted octanol–water partition coefficient (Wildman–Crippen LogP) is 5.52. The Morgan fingerprint density at radius 3 is 2.05 bits per heavy atom. The standard InChI is InChI=1S/C46H79N3O11/c1-6-7-8-9-10-11-39(51)56-28-33(50)29-57-40(52)15-12-30(2)31-13-14-35-44-36(26-38(46(35,4)27-31)60-42(54)18-22-48)45(3)20-16-34(58-43(55)19-23-49-5)24-32(45)25-37(44)59-41(53)17-21-47/h30-38,44,49-50H,6-29,47-48H2,1-5H3/t30-,31+,32?,33?,34-,35+,36+,37-,38+,44?,45+,46-/m1/s1. The van der Waals surface area contributed by atoms with Crippen LogP contribution in [-0.4, -0.2) is 99.3 Å². The lowest BCUT2D eigenvalue weighted by Gasteiger charge is -2.66. The second-order valence-electron chi connectivity index (χ2n) is 19.0. The average Bonchev–Trinajstić information content (AvgIpc) is 3.21. The van der Waals surface area contributed by atoms with Crippen molar-refractivity contribution in [3.8, 4) is 0 Å². The van der Waals surface area contributed by atoms with Gasteiger partial charge in [0, 0.05) is 43.8 Å². The lowest BCUT2D eigenvalue weighted by molar-refractivity contribution is -0.234. The third-order valence-corrected chi connectivity index (χ3v) is 14.9. The first-order valence-electron chi connectivity index (χ1n) is 23.3. The van der Waals surface area contributed by atoms with Gasteiger partial charge >= 0.3 is 29.8 Å². The van der Waals surface area contributed by atoms with E-state index in [1.165, 1.54) is 0 Å². The average molecular weight is 850 g/mol. The molecule has 0 saturated heterocycles. The molecule has 4 fully saturated rings. The number of carbonyl (C=O) groups is 5. The van der Waals surface area contributed by atoms with Crippen LogP contribution in [0.5, 0.6) is 0 Å². The van der Waals surface area contributed by atoms with Crippen LogP contribution in [0.25, 0.3) is 0 Å². The van der Waals surface area contributed by atoms with Crippen molar-refractivity contribution in [3.05, 3.63) is 0 Å². The van der Waals surface area contributed by atoms with Gasteiger partial charge in [-0.05, 0) is 106 Å². The fourth-order valence-electron chi connectivity index (χ4n) is 11.5. The summed E-state index contributed by atoms with van der Waals surface area (Å²) in [6.07, 6.45) is 11.0. The number of unbranched alkanes of at least 4 members (excludes halogenated alkanes) is 4. The summed E-state index contributed by atoms with van der Waals surface area (Å²) in [5.41, 5.74) is 11.1. The van der Waals surface area contributed by atoms with Crippen molar-refractivity contribution in [1.82, 2.24) is 5.32 Å². The van der Waals surface area contributed by atoms with E-state index < -0.39 is 17.5 Å². The Hall–Kier alpha value is -2.81. The molecule has 14 heteroatoms. The summed E-state index contributed by atoms with van der Waals surface area (Å²) in [6.45, 7) is 9.40. The number of nitrogens with two attached hydrogens (primary N) is 2. The number of fused-ring (bicyclic) bond motifs is 5. The number of ether oxygens (including phenoxy) is 5. The number of rotatable bonds is 24. The fourth-order valence-corrected chi connectivity index (χ4v) is 11.5. The van der Waals surface area contributed by atoms with Crippen LogP contribution in [0, 0.1) is 46.3 Å². The van der Waals surface area contributed by atoms with Crippen LogP contribution < -0.4 is 16.8 Å². The first-order valence-corrected chi connectivity index (χ1v) is 23.3. The largest absolute Gasteiger partial charge is 0.463 e. The normalized spacial score (nSPS) is 31.9. The molecule has 60 heavy (non-hydrogen) atoms. The molecule has 0 heterocycles. The van der Waals surface area contributed by atoms with Crippen LogP contribution in [0.15, 0.2) is 0 Å². The molecule has 0 aliphatic heterocycles. The van der Waals surface area contributed by atoms with Gasteiger partial charge in [0.25, 0.3) is 0 Å². The van der Waals surface area contributed by atoms with E-state index >= 15 is 0 Å². The highest BCUT2D eigenvalue weighted by Crippen LogP contribution is 2.67. The Balaban J connectivity index is 1.43. The van der Waals surface area contributed by atoms with Crippen molar-refractivity contribution in [3.63, 3.8) is 0 Å². The molecule has 14 nitrogen and oxygen atoms in total. The lowest BCUT2D eigenvalue weighted by atomic mass is 9.41. The Bertz CT molecular complexity index is 1400. The molecule has 344 valence electrons. The first-order chi connectivity index (χ1) is 28.7. The van der Waals surface area contributed by atoms with Gasteiger partial charge in [-0.1, -0.05) is 53.4 Å². The maximum atomic E-state index is 13.3. The van der Waals surface area contributed by atoms with Gasteiger partial charge in [0.1, 0.15) is 37.6 Å². The molecule has 3 unspecified atom stereocenters. The summed E-state index contributed by atoms with van der Waals surface area (Å²) in [5, 5.41) is 13.3. The lowest BCUT2D eigenvalue weighted by Crippen LogP contribution is -2.64. The van der Waals surface area contributed by atoms with Gasteiger partial charge in [-0.15, -0.1) is 0 Å². The molecule has 12 atom stereocenters. The molecular weight excluding hydrogens is 771 g/mol. The molecule has 0 amide bonds. The highest BCUT2D eigenvalue weighted by Gasteiger charge is 2.65. The molecule has 0 aromatic rings. The maximum Gasteiger partial charge on any atom is 0.307 e. The number of hydrogen-bond donors (Lipinski definition) is 4. The zero-order chi connectivity index (χ0) is 43.9. The minimum Gasteiger partial charge on any atom is -0.463 e. The van der Waals surface area contributed by atoms with Crippen molar-refractivity contribution in [2.75, 3.05) is 39.9 Å². The summed E-state index contributed by atoms with van der Waals surface area (Å²) in [6, 6.07) is 0. The number of carbonyl (C=O) groups excluding carboxylic acids is 5. The third-order valence-electron chi connectivity index (χ3n) is 14.9. The van der Waals surface area contributed by atoms with E-state index in [-0.39, 0.29) is 129 Å². The summed E-state index contributed by atoms with van der Waals surface area (Å²) in [7, 11) is 1.81. The van der Waals surface area contributed by atoms with Crippen LogP contribution in [0.4, 0.5) is 0 Å². The number of aliphatic hydroxyl groups is 1. The summed E-state index contributed by atoms with van der Waals surface area (Å²) >= 11 is 0. The number of esters is 5. The van der Waals surface area contributed by atoms with Crippen molar-refractivity contribution in [2.45, 2.75) is 174 Å². The van der Waals surface area contributed by atoms with Crippen molar-refractivity contribution in [2.24, 2.45) is 57.8 Å². The first kappa shape index (κ1) is 49.8. The molecular formula is C46H79N3O11. The van der Waals surface area contributed by atoms with Crippen LogP contribution in [0.3, 0.4) is 0 Å². The van der Waals surface area contributed by atoms with Crippen LogP contribution in [-0.2, 0) is 47.7 Å². The van der Waals surface area contributed by atoms with Gasteiger partial charge in [-0.2, -0.15) is 0 Å². The topological polar surface area (TPSA) is 216 Å². The molecule has 0 aromatic carbocycles. The quantitative estimate of drug-likeness (QED) is 0.0535. The zero-order valence-electron chi connectivity index (χ0n) is 37.4. The van der Waals surface area contributed by atoms with Gasteiger partial charge in [0.05, 0.1) is 19.3 Å². The summed E-state index contributed by atoms with van der Waals surface area (Å²) in [4.78, 5) is 64.0. The molecule has 0 aromatic heterocycles. The fraction of sp³-hybridized carbons (Fsp3) is 0.891. The molecule has 0 radical (unpaired) electrons. The van der Waals surface area contributed by atoms with Gasteiger partial charge in [0.2, 0.25) is 0 Å². The van der Waals surface area contributed by atoms with Crippen molar-refractivity contribution in [1.29, 1.82) is 0 Å². The van der Waals surface area contributed by atoms with Crippen LogP contribution >= 0.6 is 0 Å². The molecule has 4 rings (SSSR count).